The van der Waals surface area contributed by atoms with Gasteiger partial charge in [0, 0.05) is 36.5 Å². The summed E-state index contributed by atoms with van der Waals surface area (Å²) in [5.41, 5.74) is 10.2. The lowest BCUT2D eigenvalue weighted by molar-refractivity contribution is 0.144. The molecule has 0 saturated heterocycles. The second kappa shape index (κ2) is 10.9. The minimum Gasteiger partial charge on any atom is -0.449 e. The van der Waals surface area contributed by atoms with E-state index in [-0.39, 0.29) is 0 Å². The Labute approximate surface area is 238 Å². The first-order valence-corrected chi connectivity index (χ1v) is 13.9. The van der Waals surface area contributed by atoms with Crippen molar-refractivity contribution in [3.8, 4) is 28.1 Å². The third kappa shape index (κ3) is 5.31. The van der Waals surface area contributed by atoms with Crippen LogP contribution in [0.15, 0.2) is 85.2 Å². The van der Waals surface area contributed by atoms with E-state index in [4.69, 9.17) is 19.8 Å². The second-order valence-corrected chi connectivity index (χ2v) is 10.5. The molecule has 0 radical (unpaired) electrons. The third-order valence-corrected chi connectivity index (χ3v) is 7.48. The molecule has 0 spiro atoms. The van der Waals surface area contributed by atoms with Crippen molar-refractivity contribution < 1.29 is 14.6 Å². The first-order valence-electron chi connectivity index (χ1n) is 13.9. The molecule has 0 bridgehead atoms. The minimum absolute atomic E-state index is 0.320. The number of aromatic nitrogens is 4. The van der Waals surface area contributed by atoms with Crippen molar-refractivity contribution in [2.75, 3.05) is 0 Å². The van der Waals surface area contributed by atoms with Crippen LogP contribution >= 0.6 is 0 Å². The van der Waals surface area contributed by atoms with Crippen LogP contribution in [-0.4, -0.2) is 30.2 Å². The molecule has 0 aliphatic rings. The predicted octanol–water partition coefficient (Wildman–Crippen LogP) is 8.08. The largest absolute Gasteiger partial charge is 0.511 e. The van der Waals surface area contributed by atoms with E-state index in [2.05, 4.69) is 78.5 Å². The fourth-order valence-electron chi connectivity index (χ4n) is 5.37. The number of para-hydroxylation sites is 1. The Morgan fingerprint density at radius 2 is 1.76 bits per heavy atom. The first kappa shape index (κ1) is 26.3. The zero-order valence-corrected chi connectivity index (χ0v) is 23.5. The predicted molar refractivity (Wildman–Crippen MR) is 162 cm³/mol. The van der Waals surface area contributed by atoms with E-state index in [9.17, 15) is 4.79 Å². The molecule has 7 heteroatoms. The van der Waals surface area contributed by atoms with E-state index in [1.165, 1.54) is 5.56 Å². The second-order valence-electron chi connectivity index (χ2n) is 10.5. The topological polar surface area (TPSA) is 81.7 Å². The number of rotatable bonds is 8. The Kier molecular flexibility index (Phi) is 7.01. The summed E-state index contributed by atoms with van der Waals surface area (Å²) in [5.74, 6) is 1.40. The smallest absolute Gasteiger partial charge is 0.449 e. The maximum Gasteiger partial charge on any atom is 0.511 e. The number of ether oxygens (including phenoxy) is 1. The average molecular weight is 545 g/mol. The molecule has 3 aromatic carbocycles. The highest BCUT2D eigenvalue weighted by Gasteiger charge is 2.16. The van der Waals surface area contributed by atoms with Gasteiger partial charge in [0.25, 0.3) is 0 Å². The van der Waals surface area contributed by atoms with Gasteiger partial charge in [0.2, 0.25) is 0 Å². The van der Waals surface area contributed by atoms with Crippen LogP contribution < -0.4 is 4.74 Å². The van der Waals surface area contributed by atoms with Crippen LogP contribution in [0, 0.1) is 13.8 Å². The van der Waals surface area contributed by atoms with Crippen LogP contribution in [0.4, 0.5) is 4.79 Å². The first-order chi connectivity index (χ1) is 19.9. The highest BCUT2D eigenvalue weighted by Crippen LogP contribution is 2.32. The van der Waals surface area contributed by atoms with Gasteiger partial charge in [0.15, 0.2) is 0 Å². The molecule has 0 atom stereocenters. The highest BCUT2D eigenvalue weighted by molar-refractivity contribution is 5.85. The summed E-state index contributed by atoms with van der Waals surface area (Å²) >= 11 is 0. The SMILES string of the molecule is CCCCc1nc2c(C)cc(-c3cn4ccc(C)cc4n3)cc2n1Cc1ccc(-c2ccccc2OC(=O)O)cc1. The Balaban J connectivity index is 1.39. The van der Waals surface area contributed by atoms with Crippen molar-refractivity contribution in [1.82, 2.24) is 18.9 Å². The van der Waals surface area contributed by atoms with Crippen molar-refractivity contribution >= 4 is 22.8 Å². The number of unbranched alkanes of at least 4 members (excludes halogenated alkanes) is 1. The average Bonchev–Trinajstić information content (AvgIpc) is 3.54. The summed E-state index contributed by atoms with van der Waals surface area (Å²) in [6.07, 6.45) is 5.88. The van der Waals surface area contributed by atoms with Crippen LogP contribution in [0.25, 0.3) is 39.1 Å². The number of carboxylic acid groups (broad SMARTS) is 1. The molecule has 0 aliphatic heterocycles. The Bertz CT molecular complexity index is 1880. The van der Waals surface area contributed by atoms with Gasteiger partial charge >= 0.3 is 6.16 Å². The van der Waals surface area contributed by atoms with Gasteiger partial charge in [0.05, 0.1) is 16.7 Å². The monoisotopic (exact) mass is 544 g/mol. The van der Waals surface area contributed by atoms with E-state index in [1.54, 1.807) is 12.1 Å². The number of imidazole rings is 2. The molecule has 3 aromatic heterocycles. The number of hydrogen-bond acceptors (Lipinski definition) is 4. The highest BCUT2D eigenvalue weighted by atomic mass is 16.7. The fraction of sp³-hybridized carbons (Fsp3) is 0.206. The molecule has 6 rings (SSSR count). The Morgan fingerprint density at radius 3 is 2.54 bits per heavy atom. The minimum atomic E-state index is -1.32. The van der Waals surface area contributed by atoms with Crippen LogP contribution in [0.3, 0.4) is 0 Å². The lowest BCUT2D eigenvalue weighted by atomic mass is 10.0. The van der Waals surface area contributed by atoms with E-state index in [0.717, 1.165) is 75.3 Å². The number of hydrogen-bond donors (Lipinski definition) is 1. The molecular weight excluding hydrogens is 512 g/mol. The zero-order chi connectivity index (χ0) is 28.5. The molecule has 3 heterocycles. The number of nitrogens with zero attached hydrogens (tertiary/aromatic N) is 4. The van der Waals surface area contributed by atoms with Crippen LogP contribution in [-0.2, 0) is 13.0 Å². The standard InChI is InChI=1S/C34H32N4O3/c1-4-5-10-31-36-33-23(3)18-26(28-21-37-16-15-22(2)17-32(37)35-28)19-29(33)38(31)20-24-11-13-25(14-12-24)27-8-6-7-9-30(27)41-34(39)40/h6-9,11-19,21H,4-5,10,20H2,1-3H3,(H,39,40). The molecule has 0 aliphatic carbocycles. The van der Waals surface area contributed by atoms with Gasteiger partial charge in [-0.2, -0.15) is 0 Å². The van der Waals surface area contributed by atoms with Gasteiger partial charge in [-0.25, -0.2) is 14.8 Å². The van der Waals surface area contributed by atoms with Crippen molar-refractivity contribution in [3.63, 3.8) is 0 Å². The van der Waals surface area contributed by atoms with Crippen molar-refractivity contribution in [1.29, 1.82) is 0 Å². The Hall–Kier alpha value is -4.91. The molecular formula is C34H32N4O3. The van der Waals surface area contributed by atoms with Gasteiger partial charge in [0.1, 0.15) is 17.2 Å². The maximum atomic E-state index is 11.2. The number of fused-ring (bicyclic) bond motifs is 2. The third-order valence-electron chi connectivity index (χ3n) is 7.48. The van der Waals surface area contributed by atoms with Crippen molar-refractivity contribution in [2.45, 2.75) is 46.6 Å². The van der Waals surface area contributed by atoms with Crippen LogP contribution in [0.1, 0.15) is 42.3 Å². The summed E-state index contributed by atoms with van der Waals surface area (Å²) in [6.45, 7) is 7.08. The number of aryl methyl sites for hydroxylation is 3. The summed E-state index contributed by atoms with van der Waals surface area (Å²) < 4.78 is 9.39. The van der Waals surface area contributed by atoms with Crippen LogP contribution in [0.2, 0.25) is 0 Å². The molecule has 0 unspecified atom stereocenters. The van der Waals surface area contributed by atoms with Crippen molar-refractivity contribution in [2.24, 2.45) is 0 Å². The van der Waals surface area contributed by atoms with E-state index in [0.29, 0.717) is 12.3 Å². The van der Waals surface area contributed by atoms with Gasteiger partial charge in [-0.05, 0) is 72.9 Å². The van der Waals surface area contributed by atoms with Gasteiger partial charge in [-0.3, -0.25) is 0 Å². The molecule has 0 amide bonds. The van der Waals surface area contributed by atoms with E-state index >= 15 is 0 Å². The number of carbonyl (C=O) groups is 1. The lowest BCUT2D eigenvalue weighted by Crippen LogP contribution is -2.06. The lowest BCUT2D eigenvalue weighted by Gasteiger charge is -2.12. The summed E-state index contributed by atoms with van der Waals surface area (Å²) in [5, 5.41) is 9.12. The number of benzene rings is 3. The van der Waals surface area contributed by atoms with Gasteiger partial charge in [-0.1, -0.05) is 55.8 Å². The van der Waals surface area contributed by atoms with Gasteiger partial charge < -0.3 is 18.8 Å². The Morgan fingerprint density at radius 1 is 0.951 bits per heavy atom. The summed E-state index contributed by atoms with van der Waals surface area (Å²) in [7, 11) is 0. The van der Waals surface area contributed by atoms with E-state index < -0.39 is 6.16 Å². The van der Waals surface area contributed by atoms with Crippen LogP contribution in [0.5, 0.6) is 5.75 Å². The molecule has 0 fully saturated rings. The normalized spacial score (nSPS) is 11.4. The molecule has 7 nitrogen and oxygen atoms in total. The summed E-state index contributed by atoms with van der Waals surface area (Å²) in [6, 6.07) is 24.0. The number of pyridine rings is 1. The quantitative estimate of drug-likeness (QED) is 0.155. The van der Waals surface area contributed by atoms with Crippen molar-refractivity contribution in [3.05, 3.63) is 108 Å². The molecule has 206 valence electrons. The molecule has 41 heavy (non-hydrogen) atoms. The molecule has 1 N–H and O–H groups in total. The molecule has 0 saturated carbocycles. The van der Waals surface area contributed by atoms with Gasteiger partial charge in [-0.15, -0.1) is 0 Å². The van der Waals surface area contributed by atoms with E-state index in [1.807, 2.05) is 24.3 Å². The maximum absolute atomic E-state index is 11.2. The zero-order valence-electron chi connectivity index (χ0n) is 23.5. The summed E-state index contributed by atoms with van der Waals surface area (Å²) in [4.78, 5) is 21.2. The fourth-order valence-corrected chi connectivity index (χ4v) is 5.37. The molecule has 6 aromatic rings.